The second-order valence-electron chi connectivity index (χ2n) is 4.61. The van der Waals surface area contributed by atoms with Crippen molar-refractivity contribution >= 4 is 27.5 Å². The highest BCUT2D eigenvalue weighted by Crippen LogP contribution is 2.18. The Labute approximate surface area is 122 Å². The Kier molecular flexibility index (Phi) is 6.87. The number of benzene rings is 1. The Bertz CT molecular complexity index is 418. The number of aliphatic hydroxyl groups is 1. The predicted molar refractivity (Wildman–Crippen MR) is 81.0 cm³/mol. The van der Waals surface area contributed by atoms with Gasteiger partial charge in [0.05, 0.1) is 5.56 Å². The van der Waals surface area contributed by atoms with Gasteiger partial charge in [-0.1, -0.05) is 29.3 Å². The number of nitrogens with one attached hydrogen (secondary N) is 1. The first-order valence-electron chi connectivity index (χ1n) is 6.52. The molecule has 0 heterocycles. The summed E-state index contributed by atoms with van der Waals surface area (Å²) in [6.07, 6.45) is 2.75. The van der Waals surface area contributed by atoms with Crippen LogP contribution < -0.4 is 11.1 Å². The van der Waals surface area contributed by atoms with Crippen molar-refractivity contribution in [1.29, 1.82) is 0 Å². The second kappa shape index (κ2) is 8.17. The molecular formula is C14H21BrN2O2. The molecule has 106 valence electrons. The molecule has 0 fully saturated rings. The van der Waals surface area contributed by atoms with Gasteiger partial charge in [-0.2, -0.15) is 0 Å². The molecule has 1 amide bonds. The number of aliphatic hydroxyl groups excluding tert-OH is 1. The van der Waals surface area contributed by atoms with Gasteiger partial charge in [-0.25, -0.2) is 0 Å². The number of halogens is 1. The number of rotatable bonds is 7. The van der Waals surface area contributed by atoms with E-state index in [9.17, 15) is 4.79 Å². The Morgan fingerprint density at radius 2 is 2.21 bits per heavy atom. The van der Waals surface area contributed by atoms with E-state index < -0.39 is 0 Å². The quantitative estimate of drug-likeness (QED) is 0.673. The second-order valence-corrected chi connectivity index (χ2v) is 5.52. The third-order valence-electron chi connectivity index (χ3n) is 3.05. The smallest absolute Gasteiger partial charge is 0.253 e. The summed E-state index contributed by atoms with van der Waals surface area (Å²) in [6.45, 7) is 2.82. The van der Waals surface area contributed by atoms with E-state index in [1.54, 1.807) is 18.2 Å². The fourth-order valence-corrected chi connectivity index (χ4v) is 2.36. The van der Waals surface area contributed by atoms with E-state index in [-0.39, 0.29) is 12.5 Å². The van der Waals surface area contributed by atoms with Gasteiger partial charge in [0.2, 0.25) is 0 Å². The molecule has 0 radical (unpaired) electrons. The molecule has 1 aromatic rings. The zero-order valence-corrected chi connectivity index (χ0v) is 12.7. The maximum Gasteiger partial charge on any atom is 0.253 e. The number of nitrogen functional groups attached to an aromatic ring is 1. The molecule has 5 heteroatoms. The van der Waals surface area contributed by atoms with Gasteiger partial charge in [-0.15, -0.1) is 0 Å². The van der Waals surface area contributed by atoms with Gasteiger partial charge in [0.1, 0.15) is 0 Å². The number of carbonyl (C=O) groups is 1. The van der Waals surface area contributed by atoms with Crippen LogP contribution in [0.3, 0.4) is 0 Å². The Hall–Kier alpha value is -1.07. The summed E-state index contributed by atoms with van der Waals surface area (Å²) in [5, 5.41) is 11.9. The molecule has 19 heavy (non-hydrogen) atoms. The van der Waals surface area contributed by atoms with Crippen molar-refractivity contribution in [2.45, 2.75) is 26.2 Å². The molecular weight excluding hydrogens is 308 g/mol. The van der Waals surface area contributed by atoms with E-state index in [4.69, 9.17) is 10.8 Å². The van der Waals surface area contributed by atoms with Gasteiger partial charge in [-0.3, -0.25) is 4.79 Å². The Morgan fingerprint density at radius 3 is 2.84 bits per heavy atom. The van der Waals surface area contributed by atoms with Crippen LogP contribution in [0.15, 0.2) is 22.7 Å². The zero-order valence-electron chi connectivity index (χ0n) is 11.2. The fourth-order valence-electron chi connectivity index (χ4n) is 2.00. The average molecular weight is 329 g/mol. The van der Waals surface area contributed by atoms with Crippen molar-refractivity contribution in [3.8, 4) is 0 Å². The zero-order chi connectivity index (χ0) is 14.3. The van der Waals surface area contributed by atoms with E-state index in [0.717, 1.165) is 17.3 Å². The monoisotopic (exact) mass is 328 g/mol. The average Bonchev–Trinajstić information content (AvgIpc) is 2.39. The molecule has 1 rings (SSSR count). The van der Waals surface area contributed by atoms with Crippen LogP contribution in [0.2, 0.25) is 0 Å². The highest BCUT2D eigenvalue weighted by Gasteiger charge is 2.13. The van der Waals surface area contributed by atoms with Crippen LogP contribution in [0.4, 0.5) is 5.69 Å². The lowest BCUT2D eigenvalue weighted by molar-refractivity contribution is 0.0943. The molecule has 0 spiro atoms. The van der Waals surface area contributed by atoms with Crippen LogP contribution in [0.25, 0.3) is 0 Å². The summed E-state index contributed by atoms with van der Waals surface area (Å²) in [5.41, 5.74) is 6.74. The molecule has 0 aliphatic heterocycles. The van der Waals surface area contributed by atoms with Gasteiger partial charge in [-0.05, 0) is 37.0 Å². The minimum Gasteiger partial charge on any atom is -0.398 e. The van der Waals surface area contributed by atoms with Crippen LogP contribution in [-0.4, -0.2) is 24.2 Å². The highest BCUT2D eigenvalue weighted by molar-refractivity contribution is 9.10. The standard InChI is InChI=1S/C14H21BrN2O2/c1-2-3-10(6-7-18)9-17-14(19)12-8-11(15)4-5-13(12)16/h4-5,8,10,18H,2-3,6-7,9,16H2,1H3,(H,17,19). The predicted octanol–water partition coefficient (Wildman–Crippen LogP) is 2.56. The van der Waals surface area contributed by atoms with Gasteiger partial charge < -0.3 is 16.2 Å². The Balaban J connectivity index is 2.61. The first kappa shape index (κ1) is 16.0. The van der Waals surface area contributed by atoms with Crippen molar-refractivity contribution in [2.24, 2.45) is 5.92 Å². The molecule has 1 unspecified atom stereocenters. The minimum absolute atomic E-state index is 0.152. The SMILES string of the molecule is CCCC(CCO)CNC(=O)c1cc(Br)ccc1N. The normalized spacial score (nSPS) is 12.2. The molecule has 1 aromatic carbocycles. The van der Waals surface area contributed by atoms with Crippen molar-refractivity contribution in [3.05, 3.63) is 28.2 Å². The van der Waals surface area contributed by atoms with Gasteiger partial charge >= 0.3 is 0 Å². The number of carbonyl (C=O) groups excluding carboxylic acids is 1. The molecule has 0 aliphatic rings. The van der Waals surface area contributed by atoms with Gasteiger partial charge in [0.15, 0.2) is 0 Å². The number of hydrogen-bond acceptors (Lipinski definition) is 3. The summed E-state index contributed by atoms with van der Waals surface area (Å²) in [5.74, 6) is 0.144. The van der Waals surface area contributed by atoms with Crippen molar-refractivity contribution in [3.63, 3.8) is 0 Å². The number of nitrogens with two attached hydrogens (primary N) is 1. The summed E-state index contributed by atoms with van der Waals surface area (Å²) in [6, 6.07) is 5.22. The molecule has 0 aliphatic carbocycles. The summed E-state index contributed by atoms with van der Waals surface area (Å²) < 4.78 is 0.826. The maximum atomic E-state index is 12.1. The van der Waals surface area contributed by atoms with Crippen LogP contribution in [0.1, 0.15) is 36.5 Å². The maximum absolute atomic E-state index is 12.1. The minimum atomic E-state index is -0.169. The lowest BCUT2D eigenvalue weighted by Gasteiger charge is -2.16. The van der Waals surface area contributed by atoms with Crippen LogP contribution in [-0.2, 0) is 0 Å². The number of anilines is 1. The van der Waals surface area contributed by atoms with E-state index in [1.807, 2.05) is 0 Å². The Morgan fingerprint density at radius 1 is 1.47 bits per heavy atom. The van der Waals surface area contributed by atoms with E-state index in [1.165, 1.54) is 0 Å². The molecule has 0 aromatic heterocycles. The van der Waals surface area contributed by atoms with Crippen LogP contribution >= 0.6 is 15.9 Å². The van der Waals surface area contributed by atoms with E-state index in [0.29, 0.717) is 30.1 Å². The molecule has 0 saturated carbocycles. The first-order chi connectivity index (χ1) is 9.08. The number of hydrogen-bond donors (Lipinski definition) is 3. The first-order valence-corrected chi connectivity index (χ1v) is 7.31. The summed E-state index contributed by atoms with van der Waals surface area (Å²) in [4.78, 5) is 12.1. The van der Waals surface area contributed by atoms with E-state index in [2.05, 4.69) is 28.2 Å². The summed E-state index contributed by atoms with van der Waals surface area (Å²) in [7, 11) is 0. The largest absolute Gasteiger partial charge is 0.398 e. The van der Waals surface area contributed by atoms with Crippen molar-refractivity contribution < 1.29 is 9.90 Å². The highest BCUT2D eigenvalue weighted by atomic mass is 79.9. The fraction of sp³-hybridized carbons (Fsp3) is 0.500. The lowest BCUT2D eigenvalue weighted by atomic mass is 10.00. The molecule has 1 atom stereocenters. The van der Waals surface area contributed by atoms with E-state index >= 15 is 0 Å². The van der Waals surface area contributed by atoms with Gasteiger partial charge in [0.25, 0.3) is 5.91 Å². The van der Waals surface area contributed by atoms with Crippen molar-refractivity contribution in [2.75, 3.05) is 18.9 Å². The molecule has 4 N–H and O–H groups in total. The van der Waals surface area contributed by atoms with Crippen LogP contribution in [0, 0.1) is 5.92 Å². The molecule has 0 bridgehead atoms. The van der Waals surface area contributed by atoms with Crippen LogP contribution in [0.5, 0.6) is 0 Å². The summed E-state index contributed by atoms with van der Waals surface area (Å²) >= 11 is 3.33. The third kappa shape index (κ3) is 5.20. The van der Waals surface area contributed by atoms with Crippen molar-refractivity contribution in [1.82, 2.24) is 5.32 Å². The topological polar surface area (TPSA) is 75.3 Å². The third-order valence-corrected chi connectivity index (χ3v) is 3.54. The van der Waals surface area contributed by atoms with Gasteiger partial charge in [0, 0.05) is 23.3 Å². The molecule has 4 nitrogen and oxygen atoms in total. The molecule has 0 saturated heterocycles. The lowest BCUT2D eigenvalue weighted by Crippen LogP contribution is -2.30. The number of amides is 1.